The smallest absolute Gasteiger partial charge is 0.330 e. The van der Waals surface area contributed by atoms with Crippen molar-refractivity contribution in [3.8, 4) is 11.5 Å². The van der Waals surface area contributed by atoms with Crippen LogP contribution in [0.3, 0.4) is 0 Å². The Morgan fingerprint density at radius 2 is 1.08 bits per heavy atom. The standard InChI is InChI=1S/C58H64N4O9S/c1-43-41-62(56(64)61-55(43)63)54-40-52(53(71-54)42-70-57(44-16-8-4-9-17-44,45-24-28-50(65-2)29-25-45)46-26-30-51(66-3)31-27-46)69-37-33-59-32-35-67-38-39-68-36-34-60-72-58(47-18-10-5-11-19-47,48-20-12-6-13-21-48)49-22-14-7-15-23-49/h4-31,41,52-54,59-60H,32-40,42H2,1-3H3,(H,61,63,64)/t52-,53+,54+/m0/s1. The normalized spacial score (nSPS) is 15.9. The molecule has 0 spiro atoms. The number of aromatic nitrogens is 2. The molecule has 0 saturated carbocycles. The van der Waals surface area contributed by atoms with Gasteiger partial charge in [-0.2, -0.15) is 0 Å². The molecule has 0 amide bonds. The average molecular weight is 993 g/mol. The summed E-state index contributed by atoms with van der Waals surface area (Å²) in [6.45, 7) is 5.93. The number of aryl methyl sites for hydroxylation is 1. The topological polar surface area (TPSA) is 144 Å². The lowest BCUT2D eigenvalue weighted by Gasteiger charge is -2.37. The fourth-order valence-corrected chi connectivity index (χ4v) is 10.3. The molecule has 2 heterocycles. The Balaban J connectivity index is 0.840. The van der Waals surface area contributed by atoms with E-state index in [2.05, 4.69) is 106 Å². The fraction of sp³-hybridized carbons (Fsp3) is 0.310. The summed E-state index contributed by atoms with van der Waals surface area (Å²) >= 11 is 1.70. The van der Waals surface area contributed by atoms with Crippen molar-refractivity contribution < 1.29 is 33.2 Å². The quantitative estimate of drug-likeness (QED) is 0.0259. The molecule has 7 aromatic rings. The summed E-state index contributed by atoms with van der Waals surface area (Å²) in [6, 6.07) is 57.5. The molecule has 14 heteroatoms. The first-order chi connectivity index (χ1) is 35.3. The van der Waals surface area contributed by atoms with Crippen LogP contribution < -0.4 is 30.8 Å². The molecule has 1 fully saturated rings. The minimum atomic E-state index is -1.10. The number of aromatic amines is 1. The highest BCUT2D eigenvalue weighted by Crippen LogP contribution is 2.47. The van der Waals surface area contributed by atoms with Crippen LogP contribution in [0.2, 0.25) is 0 Å². The summed E-state index contributed by atoms with van der Waals surface area (Å²) in [5.74, 6) is 1.43. The molecule has 376 valence electrons. The summed E-state index contributed by atoms with van der Waals surface area (Å²) in [6.07, 6.45) is 0.138. The van der Waals surface area contributed by atoms with Crippen molar-refractivity contribution in [2.75, 3.05) is 73.5 Å². The third-order valence-corrected chi connectivity index (χ3v) is 14.2. The van der Waals surface area contributed by atoms with Gasteiger partial charge in [-0.1, -0.05) is 158 Å². The molecule has 1 aliphatic heterocycles. The number of hydrogen-bond acceptors (Lipinski definition) is 12. The summed E-state index contributed by atoms with van der Waals surface area (Å²) in [5.41, 5.74) is 4.53. The molecule has 0 radical (unpaired) electrons. The Kier molecular flexibility index (Phi) is 18.7. The van der Waals surface area contributed by atoms with Gasteiger partial charge in [-0.15, -0.1) is 0 Å². The van der Waals surface area contributed by atoms with E-state index in [9.17, 15) is 9.59 Å². The molecule has 13 nitrogen and oxygen atoms in total. The van der Waals surface area contributed by atoms with Gasteiger partial charge in [-0.05, 0) is 64.6 Å². The van der Waals surface area contributed by atoms with Crippen LogP contribution in [-0.2, 0) is 34.0 Å². The summed E-state index contributed by atoms with van der Waals surface area (Å²) in [5, 5.41) is 3.41. The number of rotatable bonds is 27. The number of methoxy groups -OCH3 is 2. The van der Waals surface area contributed by atoms with Gasteiger partial charge in [0.25, 0.3) is 5.56 Å². The monoisotopic (exact) mass is 992 g/mol. The number of nitrogens with zero attached hydrogens (tertiary/aromatic N) is 1. The molecule has 8 rings (SSSR count). The van der Waals surface area contributed by atoms with Crippen molar-refractivity contribution >= 4 is 11.9 Å². The Bertz CT molecular complexity index is 2670. The zero-order chi connectivity index (χ0) is 50.0. The maximum Gasteiger partial charge on any atom is 0.330 e. The molecular weight excluding hydrogens is 929 g/mol. The van der Waals surface area contributed by atoms with Gasteiger partial charge in [-0.25, -0.2) is 4.79 Å². The van der Waals surface area contributed by atoms with E-state index >= 15 is 0 Å². The van der Waals surface area contributed by atoms with Crippen molar-refractivity contribution in [2.45, 2.75) is 42.1 Å². The van der Waals surface area contributed by atoms with Crippen LogP contribution >= 0.6 is 11.9 Å². The Morgan fingerprint density at radius 3 is 1.60 bits per heavy atom. The van der Waals surface area contributed by atoms with E-state index < -0.39 is 40.0 Å². The predicted molar refractivity (Wildman–Crippen MR) is 282 cm³/mol. The van der Waals surface area contributed by atoms with Gasteiger partial charge in [0.05, 0.1) is 60.0 Å². The second-order valence-corrected chi connectivity index (χ2v) is 18.4. The molecular formula is C58H64N4O9S. The zero-order valence-electron chi connectivity index (χ0n) is 41.1. The largest absolute Gasteiger partial charge is 0.497 e. The van der Waals surface area contributed by atoms with Gasteiger partial charge in [0.1, 0.15) is 34.2 Å². The van der Waals surface area contributed by atoms with Crippen molar-refractivity contribution in [3.05, 3.63) is 236 Å². The lowest BCUT2D eigenvalue weighted by atomic mass is 9.80. The molecule has 72 heavy (non-hydrogen) atoms. The third-order valence-electron chi connectivity index (χ3n) is 12.8. The SMILES string of the molecule is COc1ccc(C(OC[C@H]2O[C@@H](n3cc(C)c(=O)[nH]c3=O)C[C@@H]2OCCNCCOCCOCCNSC(c2ccccc2)(c2ccccc2)c2ccccc2)(c2ccccc2)c2ccc(OC)cc2)cc1. The highest BCUT2D eigenvalue weighted by molar-refractivity contribution is 7.98. The molecule has 1 saturated heterocycles. The molecule has 1 aromatic heterocycles. The first kappa shape index (κ1) is 52.0. The van der Waals surface area contributed by atoms with Crippen LogP contribution in [0.1, 0.15) is 51.6 Å². The van der Waals surface area contributed by atoms with Crippen LogP contribution in [0, 0.1) is 6.92 Å². The molecule has 3 atom stereocenters. The summed E-state index contributed by atoms with van der Waals surface area (Å²) < 4.78 is 47.9. The number of ether oxygens (including phenoxy) is 7. The third kappa shape index (κ3) is 12.5. The van der Waals surface area contributed by atoms with E-state index in [0.29, 0.717) is 76.2 Å². The predicted octanol–water partition coefficient (Wildman–Crippen LogP) is 8.40. The van der Waals surface area contributed by atoms with Gasteiger partial charge < -0.3 is 38.5 Å². The first-order valence-corrected chi connectivity index (χ1v) is 25.2. The van der Waals surface area contributed by atoms with Crippen LogP contribution in [0.15, 0.2) is 186 Å². The van der Waals surface area contributed by atoms with Gasteiger partial charge in [0, 0.05) is 37.8 Å². The van der Waals surface area contributed by atoms with E-state index in [1.54, 1.807) is 33.1 Å². The molecule has 6 aromatic carbocycles. The van der Waals surface area contributed by atoms with E-state index in [0.717, 1.165) is 16.7 Å². The molecule has 0 unspecified atom stereocenters. The van der Waals surface area contributed by atoms with Gasteiger partial charge in [0.2, 0.25) is 0 Å². The van der Waals surface area contributed by atoms with Crippen LogP contribution in [-0.4, -0.2) is 95.3 Å². The minimum Gasteiger partial charge on any atom is -0.497 e. The zero-order valence-corrected chi connectivity index (χ0v) is 41.9. The van der Waals surface area contributed by atoms with Crippen LogP contribution in [0.4, 0.5) is 0 Å². The molecule has 3 N–H and O–H groups in total. The van der Waals surface area contributed by atoms with Gasteiger partial charge >= 0.3 is 5.69 Å². The van der Waals surface area contributed by atoms with Gasteiger partial charge in [-0.3, -0.25) is 19.1 Å². The molecule has 0 bridgehead atoms. The highest BCUT2D eigenvalue weighted by Gasteiger charge is 2.43. The van der Waals surface area contributed by atoms with Crippen molar-refractivity contribution in [3.63, 3.8) is 0 Å². The minimum absolute atomic E-state index is 0.0965. The van der Waals surface area contributed by atoms with Crippen molar-refractivity contribution in [2.24, 2.45) is 0 Å². The lowest BCUT2D eigenvalue weighted by molar-refractivity contribution is -0.104. The summed E-state index contributed by atoms with van der Waals surface area (Å²) in [7, 11) is 3.28. The van der Waals surface area contributed by atoms with Crippen LogP contribution in [0.25, 0.3) is 0 Å². The lowest BCUT2D eigenvalue weighted by Crippen LogP contribution is -2.39. The average Bonchev–Trinajstić information content (AvgIpc) is 3.84. The molecule has 1 aliphatic rings. The fourth-order valence-electron chi connectivity index (χ4n) is 9.12. The number of H-pyrrole nitrogens is 1. The van der Waals surface area contributed by atoms with E-state index in [1.807, 2.05) is 78.9 Å². The second kappa shape index (κ2) is 25.9. The van der Waals surface area contributed by atoms with Crippen molar-refractivity contribution in [1.82, 2.24) is 19.6 Å². The van der Waals surface area contributed by atoms with Crippen LogP contribution in [0.5, 0.6) is 11.5 Å². The van der Waals surface area contributed by atoms with Gasteiger partial charge in [0.15, 0.2) is 0 Å². The first-order valence-electron chi connectivity index (χ1n) is 24.4. The Hall–Kier alpha value is -6.33. The number of hydrogen-bond donors (Lipinski definition) is 3. The second-order valence-electron chi connectivity index (χ2n) is 17.3. The maximum atomic E-state index is 13.1. The summed E-state index contributed by atoms with van der Waals surface area (Å²) in [4.78, 5) is 27.9. The Labute approximate surface area is 425 Å². The maximum absolute atomic E-state index is 13.1. The highest BCUT2D eigenvalue weighted by atomic mass is 32.2. The van der Waals surface area contributed by atoms with E-state index in [-0.39, 0.29) is 6.61 Å². The molecule has 0 aliphatic carbocycles. The number of nitrogens with one attached hydrogen (secondary N) is 3. The van der Waals surface area contributed by atoms with Crippen molar-refractivity contribution in [1.29, 1.82) is 0 Å². The van der Waals surface area contributed by atoms with E-state index in [4.69, 9.17) is 33.2 Å². The Morgan fingerprint density at radius 1 is 0.611 bits per heavy atom. The number of benzene rings is 6. The van der Waals surface area contributed by atoms with E-state index in [1.165, 1.54) is 27.5 Å².